The second kappa shape index (κ2) is 6.21. The van der Waals surface area contributed by atoms with Gasteiger partial charge in [0.25, 0.3) is 5.69 Å². The highest BCUT2D eigenvalue weighted by molar-refractivity contribution is 5.91. The zero-order valence-corrected chi connectivity index (χ0v) is 12.0. The molecule has 8 nitrogen and oxygen atoms in total. The molecule has 114 valence electrons. The van der Waals surface area contributed by atoms with Crippen LogP contribution in [0.3, 0.4) is 0 Å². The summed E-state index contributed by atoms with van der Waals surface area (Å²) < 4.78 is 0. The number of anilines is 1. The molecular weight excluding hydrogens is 278 g/mol. The van der Waals surface area contributed by atoms with Gasteiger partial charge in [-0.15, -0.1) is 0 Å². The molecule has 1 rings (SSSR count). The van der Waals surface area contributed by atoms with E-state index in [4.69, 9.17) is 5.11 Å². The predicted octanol–water partition coefficient (Wildman–Crippen LogP) is 2.28. The number of carboxylic acid groups (broad SMARTS) is 1. The molecule has 3 N–H and O–H groups in total. The van der Waals surface area contributed by atoms with Crippen LogP contribution in [0.2, 0.25) is 0 Å². The van der Waals surface area contributed by atoms with E-state index in [1.54, 1.807) is 13.8 Å². The second-order valence-corrected chi connectivity index (χ2v) is 5.24. The lowest BCUT2D eigenvalue weighted by molar-refractivity contribution is -0.385. The number of carbonyl (C=O) groups excluding carboxylic acids is 1. The van der Waals surface area contributed by atoms with E-state index in [2.05, 4.69) is 10.6 Å². The number of amides is 2. The lowest BCUT2D eigenvalue weighted by atomic mass is 10.0. The Morgan fingerprint density at radius 3 is 2.52 bits per heavy atom. The number of urea groups is 1. The second-order valence-electron chi connectivity index (χ2n) is 5.24. The van der Waals surface area contributed by atoms with Gasteiger partial charge >= 0.3 is 12.0 Å². The molecule has 0 aliphatic heterocycles. The first-order chi connectivity index (χ1) is 9.62. The highest BCUT2D eigenvalue weighted by Gasteiger charge is 2.24. The molecule has 0 spiro atoms. The summed E-state index contributed by atoms with van der Waals surface area (Å²) in [5.41, 5.74) is -0.413. The van der Waals surface area contributed by atoms with Crippen molar-refractivity contribution in [3.8, 4) is 0 Å². The standard InChI is InChI=1S/C13H17N3O5/c1-8-9(5-4-6-10(8)16(20)21)14-12(19)15-13(2,3)7-11(17)18/h4-6H,7H2,1-3H3,(H,17,18)(H2,14,15,19). The summed E-state index contributed by atoms with van der Waals surface area (Å²) in [7, 11) is 0. The van der Waals surface area contributed by atoms with Gasteiger partial charge in [0, 0.05) is 11.6 Å². The van der Waals surface area contributed by atoms with Crippen LogP contribution in [-0.2, 0) is 4.79 Å². The number of hydrogen-bond donors (Lipinski definition) is 3. The van der Waals surface area contributed by atoms with Crippen molar-refractivity contribution in [3.63, 3.8) is 0 Å². The van der Waals surface area contributed by atoms with Crippen LogP contribution >= 0.6 is 0 Å². The molecule has 0 heterocycles. The molecule has 0 aromatic heterocycles. The van der Waals surface area contributed by atoms with Crippen molar-refractivity contribution in [2.45, 2.75) is 32.7 Å². The van der Waals surface area contributed by atoms with Gasteiger partial charge in [-0.25, -0.2) is 4.79 Å². The number of hydrogen-bond acceptors (Lipinski definition) is 4. The van der Waals surface area contributed by atoms with Gasteiger partial charge in [0.05, 0.1) is 22.6 Å². The van der Waals surface area contributed by atoms with E-state index >= 15 is 0 Å². The van der Waals surface area contributed by atoms with Crippen molar-refractivity contribution in [1.29, 1.82) is 0 Å². The van der Waals surface area contributed by atoms with Gasteiger partial charge in [0.2, 0.25) is 0 Å². The lowest BCUT2D eigenvalue weighted by Crippen LogP contribution is -2.46. The van der Waals surface area contributed by atoms with E-state index < -0.39 is 22.5 Å². The van der Waals surface area contributed by atoms with Crippen molar-refractivity contribution in [2.24, 2.45) is 0 Å². The van der Waals surface area contributed by atoms with Gasteiger partial charge in [0.1, 0.15) is 0 Å². The van der Waals surface area contributed by atoms with Crippen molar-refractivity contribution in [3.05, 3.63) is 33.9 Å². The Hall–Kier alpha value is -2.64. The molecule has 0 saturated carbocycles. The van der Waals surface area contributed by atoms with Crippen LogP contribution in [0.15, 0.2) is 18.2 Å². The maximum atomic E-state index is 11.9. The third-order valence-corrected chi connectivity index (χ3v) is 2.80. The van der Waals surface area contributed by atoms with E-state index in [1.807, 2.05) is 0 Å². The Balaban J connectivity index is 2.83. The average Bonchev–Trinajstić information content (AvgIpc) is 2.28. The summed E-state index contributed by atoms with van der Waals surface area (Å²) in [4.78, 5) is 32.8. The first kappa shape index (κ1) is 16.4. The Morgan fingerprint density at radius 2 is 2.00 bits per heavy atom. The highest BCUT2D eigenvalue weighted by Crippen LogP contribution is 2.25. The van der Waals surface area contributed by atoms with Gasteiger partial charge < -0.3 is 15.7 Å². The molecule has 0 atom stereocenters. The van der Waals surface area contributed by atoms with Crippen molar-refractivity contribution in [2.75, 3.05) is 5.32 Å². The summed E-state index contributed by atoms with van der Waals surface area (Å²) >= 11 is 0. The van der Waals surface area contributed by atoms with E-state index in [0.717, 1.165) is 0 Å². The van der Waals surface area contributed by atoms with Crippen LogP contribution in [0.5, 0.6) is 0 Å². The number of aliphatic carboxylic acids is 1. The molecule has 0 fully saturated rings. The maximum Gasteiger partial charge on any atom is 0.319 e. The summed E-state index contributed by atoms with van der Waals surface area (Å²) in [6.07, 6.45) is -0.242. The molecule has 0 aliphatic rings. The Bertz CT molecular complexity index is 583. The largest absolute Gasteiger partial charge is 0.481 e. The normalized spacial score (nSPS) is 10.8. The average molecular weight is 295 g/mol. The van der Waals surface area contributed by atoms with Crippen LogP contribution in [0, 0.1) is 17.0 Å². The third-order valence-electron chi connectivity index (χ3n) is 2.80. The van der Waals surface area contributed by atoms with Crippen LogP contribution in [-0.4, -0.2) is 27.6 Å². The fourth-order valence-corrected chi connectivity index (χ4v) is 1.84. The molecule has 21 heavy (non-hydrogen) atoms. The predicted molar refractivity (Wildman–Crippen MR) is 76.3 cm³/mol. The minimum atomic E-state index is -1.04. The van der Waals surface area contributed by atoms with Crippen molar-refractivity contribution >= 4 is 23.4 Å². The number of carbonyl (C=O) groups is 2. The van der Waals surface area contributed by atoms with E-state index in [0.29, 0.717) is 11.3 Å². The van der Waals surface area contributed by atoms with E-state index in [1.165, 1.54) is 25.1 Å². The molecular formula is C13H17N3O5. The maximum absolute atomic E-state index is 11.9. The molecule has 2 amide bonds. The first-order valence-electron chi connectivity index (χ1n) is 6.17. The third kappa shape index (κ3) is 4.75. The van der Waals surface area contributed by atoms with E-state index in [9.17, 15) is 19.7 Å². The molecule has 8 heteroatoms. The zero-order valence-electron chi connectivity index (χ0n) is 12.0. The van der Waals surface area contributed by atoms with Crippen LogP contribution in [0.1, 0.15) is 25.8 Å². The molecule has 0 aliphatic carbocycles. The number of nitro benzene ring substituents is 1. The SMILES string of the molecule is Cc1c(NC(=O)NC(C)(C)CC(=O)O)cccc1[N+](=O)[O-]. The van der Waals surface area contributed by atoms with Crippen LogP contribution < -0.4 is 10.6 Å². The fraction of sp³-hybridized carbons (Fsp3) is 0.385. The molecule has 0 bridgehead atoms. The smallest absolute Gasteiger partial charge is 0.319 e. The van der Waals surface area contributed by atoms with Gasteiger partial charge in [-0.1, -0.05) is 6.07 Å². The number of nitrogens with one attached hydrogen (secondary N) is 2. The number of nitro groups is 1. The number of rotatable bonds is 5. The number of carboxylic acids is 1. The Morgan fingerprint density at radius 1 is 1.38 bits per heavy atom. The first-order valence-corrected chi connectivity index (χ1v) is 6.17. The molecule has 0 radical (unpaired) electrons. The minimum Gasteiger partial charge on any atom is -0.481 e. The quantitative estimate of drug-likeness (QED) is 0.568. The topological polar surface area (TPSA) is 122 Å². The lowest BCUT2D eigenvalue weighted by Gasteiger charge is -2.24. The number of benzene rings is 1. The van der Waals surface area contributed by atoms with Crippen LogP contribution in [0.25, 0.3) is 0 Å². The van der Waals surface area contributed by atoms with Crippen molar-refractivity contribution < 1.29 is 19.6 Å². The van der Waals surface area contributed by atoms with Gasteiger partial charge in [-0.05, 0) is 26.8 Å². The van der Waals surface area contributed by atoms with Gasteiger partial charge in [-0.3, -0.25) is 14.9 Å². The summed E-state index contributed by atoms with van der Waals surface area (Å²) in [5, 5.41) is 24.6. The van der Waals surface area contributed by atoms with Crippen LogP contribution in [0.4, 0.5) is 16.2 Å². The highest BCUT2D eigenvalue weighted by atomic mass is 16.6. The zero-order chi connectivity index (χ0) is 16.2. The van der Waals surface area contributed by atoms with Gasteiger partial charge in [0.15, 0.2) is 0 Å². The molecule has 1 aromatic rings. The molecule has 1 aromatic carbocycles. The fourth-order valence-electron chi connectivity index (χ4n) is 1.84. The molecule has 0 unspecified atom stereocenters. The van der Waals surface area contributed by atoms with Gasteiger partial charge in [-0.2, -0.15) is 0 Å². The molecule has 0 saturated heterocycles. The van der Waals surface area contributed by atoms with Crippen molar-refractivity contribution in [1.82, 2.24) is 5.32 Å². The Kier molecular flexibility index (Phi) is 4.85. The Labute approximate surface area is 121 Å². The minimum absolute atomic E-state index is 0.0994. The summed E-state index contributed by atoms with van der Waals surface area (Å²) in [6, 6.07) is 3.71. The number of nitrogens with zero attached hydrogens (tertiary/aromatic N) is 1. The van der Waals surface area contributed by atoms with E-state index in [-0.39, 0.29) is 12.1 Å². The monoisotopic (exact) mass is 295 g/mol. The summed E-state index contributed by atoms with van der Waals surface area (Å²) in [6.45, 7) is 4.66. The summed E-state index contributed by atoms with van der Waals surface area (Å²) in [5.74, 6) is -1.04.